The van der Waals surface area contributed by atoms with E-state index in [1.54, 1.807) is 24.3 Å². The van der Waals surface area contributed by atoms with E-state index >= 15 is 0 Å². The summed E-state index contributed by atoms with van der Waals surface area (Å²) in [5.41, 5.74) is 5.45. The Labute approximate surface area is 201 Å². The van der Waals surface area contributed by atoms with E-state index in [4.69, 9.17) is 4.74 Å². The van der Waals surface area contributed by atoms with E-state index in [0.29, 0.717) is 17.1 Å². The predicted octanol–water partition coefficient (Wildman–Crippen LogP) is 2.75. The van der Waals surface area contributed by atoms with Crippen LogP contribution in [-0.2, 0) is 14.8 Å². The lowest BCUT2D eigenvalue weighted by Crippen LogP contribution is -2.41. The van der Waals surface area contributed by atoms with Crippen molar-refractivity contribution in [3.8, 4) is 5.75 Å². The molecule has 3 amide bonds. The molecular weight excluding hydrogens is 476 g/mol. The normalized spacial score (nSPS) is 10.6. The third kappa shape index (κ3) is 6.71. The van der Waals surface area contributed by atoms with E-state index < -0.39 is 27.9 Å². The monoisotopic (exact) mass is 498 g/mol. The highest BCUT2D eigenvalue weighted by Gasteiger charge is 2.17. The maximum absolute atomic E-state index is 12.7. The van der Waals surface area contributed by atoms with Gasteiger partial charge in [0.2, 0.25) is 0 Å². The number of carbonyl (C=O) groups is 3. The molecule has 3 aromatic carbocycles. The fourth-order valence-corrected chi connectivity index (χ4v) is 3.91. The Morgan fingerprint density at radius 1 is 0.743 bits per heavy atom. The molecule has 0 unspecified atom stereocenters. The first-order chi connectivity index (χ1) is 16.7. The molecule has 0 saturated carbocycles. The SMILES string of the molecule is COC(=O)Nc1ccc(C(=O)NNC(=O)c2cccc(S(=O)(=O)Nc3ccc(OC)cc3)c2)cc1. The third-order valence-corrected chi connectivity index (χ3v) is 6.00. The fraction of sp³-hybridized carbons (Fsp3) is 0.0870. The Balaban J connectivity index is 1.63. The number of methoxy groups -OCH3 is 2. The molecule has 0 heterocycles. The summed E-state index contributed by atoms with van der Waals surface area (Å²) >= 11 is 0. The van der Waals surface area contributed by atoms with Crippen LogP contribution in [0, 0.1) is 0 Å². The number of hydrazine groups is 1. The topological polar surface area (TPSA) is 152 Å². The van der Waals surface area contributed by atoms with Gasteiger partial charge in [0.1, 0.15) is 5.75 Å². The summed E-state index contributed by atoms with van der Waals surface area (Å²) in [5.74, 6) is -0.765. The zero-order valence-electron chi connectivity index (χ0n) is 18.7. The molecule has 3 rings (SSSR count). The molecule has 12 heteroatoms. The number of sulfonamides is 1. The van der Waals surface area contributed by atoms with Crippen LogP contribution in [-0.4, -0.2) is 40.5 Å². The van der Waals surface area contributed by atoms with Gasteiger partial charge in [-0.2, -0.15) is 0 Å². The largest absolute Gasteiger partial charge is 0.497 e. The number of carbonyl (C=O) groups excluding carboxylic acids is 3. The van der Waals surface area contributed by atoms with Crippen molar-refractivity contribution in [2.24, 2.45) is 0 Å². The number of ether oxygens (including phenoxy) is 2. The van der Waals surface area contributed by atoms with Crippen LogP contribution in [0.1, 0.15) is 20.7 Å². The van der Waals surface area contributed by atoms with Gasteiger partial charge in [-0.25, -0.2) is 13.2 Å². The molecule has 4 N–H and O–H groups in total. The van der Waals surface area contributed by atoms with Crippen molar-refractivity contribution in [3.05, 3.63) is 83.9 Å². The molecule has 0 aromatic heterocycles. The summed E-state index contributed by atoms with van der Waals surface area (Å²) in [6.45, 7) is 0. The maximum atomic E-state index is 12.7. The zero-order valence-corrected chi connectivity index (χ0v) is 19.5. The van der Waals surface area contributed by atoms with E-state index in [1.165, 1.54) is 62.8 Å². The maximum Gasteiger partial charge on any atom is 0.411 e. The first-order valence-electron chi connectivity index (χ1n) is 10.0. The Hall–Kier alpha value is -4.58. The summed E-state index contributed by atoms with van der Waals surface area (Å²) in [4.78, 5) is 35.8. The molecule has 0 spiro atoms. The van der Waals surface area contributed by atoms with Crippen LogP contribution in [0.5, 0.6) is 5.75 Å². The number of benzene rings is 3. The van der Waals surface area contributed by atoms with Crippen molar-refractivity contribution < 1.29 is 32.3 Å². The van der Waals surface area contributed by atoms with Crippen molar-refractivity contribution in [3.63, 3.8) is 0 Å². The van der Waals surface area contributed by atoms with Gasteiger partial charge in [-0.1, -0.05) is 6.07 Å². The van der Waals surface area contributed by atoms with E-state index in [9.17, 15) is 22.8 Å². The third-order valence-electron chi connectivity index (χ3n) is 4.62. The highest BCUT2D eigenvalue weighted by molar-refractivity contribution is 7.92. The number of anilines is 2. The lowest BCUT2D eigenvalue weighted by atomic mass is 10.2. The van der Waals surface area contributed by atoms with Gasteiger partial charge >= 0.3 is 6.09 Å². The van der Waals surface area contributed by atoms with Crippen molar-refractivity contribution >= 4 is 39.3 Å². The molecule has 0 saturated heterocycles. The number of rotatable bonds is 7. The molecule has 0 aliphatic carbocycles. The standard InChI is InChI=1S/C23H22N4O7S/c1-33-19-12-10-18(11-13-19)27-35(31,32)20-5-3-4-16(14-20)22(29)26-25-21(28)15-6-8-17(9-7-15)24-23(30)34-2/h3-14,27H,1-2H3,(H,24,30)(H,25,28)(H,26,29). The van der Waals surface area contributed by atoms with Gasteiger partial charge in [-0.3, -0.25) is 30.5 Å². The molecule has 0 aliphatic rings. The minimum Gasteiger partial charge on any atom is -0.497 e. The van der Waals surface area contributed by atoms with Gasteiger partial charge < -0.3 is 9.47 Å². The number of hydrogen-bond acceptors (Lipinski definition) is 7. The molecule has 182 valence electrons. The summed E-state index contributed by atoms with van der Waals surface area (Å²) in [7, 11) is -1.25. The van der Waals surface area contributed by atoms with Crippen LogP contribution in [0.4, 0.5) is 16.2 Å². The smallest absolute Gasteiger partial charge is 0.411 e. The minimum absolute atomic E-state index is 0.0144. The van der Waals surface area contributed by atoms with Crippen LogP contribution in [0.3, 0.4) is 0 Å². The first-order valence-corrected chi connectivity index (χ1v) is 11.5. The highest BCUT2D eigenvalue weighted by Crippen LogP contribution is 2.20. The van der Waals surface area contributed by atoms with E-state index in [1.807, 2.05) is 0 Å². The second-order valence-corrected chi connectivity index (χ2v) is 8.65. The average Bonchev–Trinajstić information content (AvgIpc) is 2.87. The van der Waals surface area contributed by atoms with Gasteiger partial charge in [0.05, 0.1) is 19.1 Å². The predicted molar refractivity (Wildman–Crippen MR) is 128 cm³/mol. The highest BCUT2D eigenvalue weighted by atomic mass is 32.2. The number of hydrogen-bond donors (Lipinski definition) is 4. The van der Waals surface area contributed by atoms with Crippen molar-refractivity contribution in [2.75, 3.05) is 24.3 Å². The Kier molecular flexibility index (Phi) is 7.89. The van der Waals surface area contributed by atoms with Crippen molar-refractivity contribution in [1.82, 2.24) is 10.9 Å². The summed E-state index contributed by atoms with van der Waals surface area (Å²) in [6, 6.07) is 17.5. The van der Waals surface area contributed by atoms with Crippen LogP contribution in [0.25, 0.3) is 0 Å². The van der Waals surface area contributed by atoms with Gasteiger partial charge in [0.25, 0.3) is 21.8 Å². The molecule has 35 heavy (non-hydrogen) atoms. The van der Waals surface area contributed by atoms with Gasteiger partial charge in [-0.05, 0) is 66.7 Å². The molecule has 0 fully saturated rings. The molecular formula is C23H22N4O7S. The van der Waals surface area contributed by atoms with Crippen LogP contribution < -0.4 is 25.6 Å². The second-order valence-electron chi connectivity index (χ2n) is 6.96. The average molecular weight is 499 g/mol. The van der Waals surface area contributed by atoms with E-state index in [0.717, 1.165) is 0 Å². The number of nitrogens with one attached hydrogen (secondary N) is 4. The van der Waals surface area contributed by atoms with Crippen LogP contribution in [0.2, 0.25) is 0 Å². The molecule has 11 nitrogen and oxygen atoms in total. The summed E-state index contributed by atoms with van der Waals surface area (Å²) in [6.07, 6.45) is -0.655. The molecule has 0 atom stereocenters. The molecule has 3 aromatic rings. The minimum atomic E-state index is -3.97. The second kappa shape index (κ2) is 11.0. The summed E-state index contributed by atoms with van der Waals surface area (Å²) in [5, 5.41) is 2.44. The van der Waals surface area contributed by atoms with Gasteiger partial charge in [0.15, 0.2) is 0 Å². The first kappa shape index (κ1) is 25.1. The lowest BCUT2D eigenvalue weighted by Gasteiger charge is -2.11. The molecule has 0 bridgehead atoms. The quantitative estimate of drug-likeness (QED) is 0.366. The Morgan fingerprint density at radius 3 is 1.94 bits per heavy atom. The van der Waals surface area contributed by atoms with E-state index in [-0.39, 0.29) is 16.0 Å². The number of amides is 3. The van der Waals surface area contributed by atoms with Crippen molar-refractivity contribution in [1.29, 1.82) is 0 Å². The van der Waals surface area contributed by atoms with E-state index in [2.05, 4.69) is 25.6 Å². The molecule has 0 radical (unpaired) electrons. The fourth-order valence-electron chi connectivity index (χ4n) is 2.81. The Morgan fingerprint density at radius 2 is 1.34 bits per heavy atom. The van der Waals surface area contributed by atoms with Crippen molar-refractivity contribution in [2.45, 2.75) is 4.90 Å². The van der Waals surface area contributed by atoms with Gasteiger partial charge in [0, 0.05) is 22.5 Å². The molecule has 0 aliphatic heterocycles. The lowest BCUT2D eigenvalue weighted by molar-refractivity contribution is 0.0846. The van der Waals surface area contributed by atoms with Crippen LogP contribution >= 0.6 is 0 Å². The Bertz CT molecular complexity index is 1320. The summed E-state index contributed by atoms with van der Waals surface area (Å²) < 4.78 is 37.4. The van der Waals surface area contributed by atoms with Crippen LogP contribution in [0.15, 0.2) is 77.7 Å². The zero-order chi connectivity index (χ0) is 25.4. The van der Waals surface area contributed by atoms with Gasteiger partial charge in [-0.15, -0.1) is 0 Å².